The zero-order valence-corrected chi connectivity index (χ0v) is 10.5. The second-order valence-corrected chi connectivity index (χ2v) is 4.49. The van der Waals surface area contributed by atoms with Crippen molar-refractivity contribution in [3.63, 3.8) is 0 Å². The maximum absolute atomic E-state index is 11.6. The molecular weight excluding hydrogens is 230 g/mol. The Kier molecular flexibility index (Phi) is 3.97. The Hall–Kier alpha value is -1.84. The summed E-state index contributed by atoms with van der Waals surface area (Å²) in [5.41, 5.74) is 3.75. The maximum atomic E-state index is 11.6. The van der Waals surface area contributed by atoms with Crippen molar-refractivity contribution in [3.8, 4) is 0 Å². The number of fused-ring (bicyclic) bond motifs is 1. The molecule has 0 aromatic heterocycles. The van der Waals surface area contributed by atoms with Crippen molar-refractivity contribution in [2.24, 2.45) is 0 Å². The van der Waals surface area contributed by atoms with Gasteiger partial charge >= 0.3 is 5.97 Å². The quantitative estimate of drug-likeness (QED) is 0.808. The standard InChI is InChI=1S/C14H17NO3/c1-18-14(17)9-15-13(16)8-10-5-6-11-3-2-4-12(11)7-10/h5-7H,2-4,8-9H2,1H3,(H,15,16). The zero-order chi connectivity index (χ0) is 13.0. The normalized spacial score (nSPS) is 12.9. The number of aryl methyl sites for hydroxylation is 2. The first-order valence-corrected chi connectivity index (χ1v) is 6.13. The molecule has 2 rings (SSSR count). The summed E-state index contributed by atoms with van der Waals surface area (Å²) in [6.07, 6.45) is 3.76. The highest BCUT2D eigenvalue weighted by atomic mass is 16.5. The second-order valence-electron chi connectivity index (χ2n) is 4.49. The van der Waals surface area contributed by atoms with Crippen LogP contribution in [0.5, 0.6) is 0 Å². The molecule has 0 fully saturated rings. The van der Waals surface area contributed by atoms with Gasteiger partial charge in [-0.3, -0.25) is 9.59 Å². The molecule has 1 N–H and O–H groups in total. The van der Waals surface area contributed by atoms with Crippen LogP contribution < -0.4 is 5.32 Å². The van der Waals surface area contributed by atoms with Crippen LogP contribution in [0.25, 0.3) is 0 Å². The molecule has 0 radical (unpaired) electrons. The smallest absolute Gasteiger partial charge is 0.325 e. The lowest BCUT2D eigenvalue weighted by molar-refractivity contribution is -0.141. The maximum Gasteiger partial charge on any atom is 0.325 e. The van der Waals surface area contributed by atoms with Crippen molar-refractivity contribution in [1.82, 2.24) is 5.32 Å². The lowest BCUT2D eigenvalue weighted by Crippen LogP contribution is -2.31. The minimum absolute atomic E-state index is 0.0692. The molecule has 0 saturated heterocycles. The number of rotatable bonds is 4. The van der Waals surface area contributed by atoms with E-state index in [9.17, 15) is 9.59 Å². The van der Waals surface area contributed by atoms with Crippen molar-refractivity contribution in [2.45, 2.75) is 25.7 Å². The molecule has 18 heavy (non-hydrogen) atoms. The Labute approximate surface area is 106 Å². The summed E-state index contributed by atoms with van der Waals surface area (Å²) in [5.74, 6) is -0.587. The first kappa shape index (κ1) is 12.6. The topological polar surface area (TPSA) is 55.4 Å². The highest BCUT2D eigenvalue weighted by Gasteiger charge is 2.12. The van der Waals surface area contributed by atoms with Gasteiger partial charge in [-0.25, -0.2) is 0 Å². The van der Waals surface area contributed by atoms with E-state index in [4.69, 9.17) is 0 Å². The Morgan fingerprint density at radius 2 is 2.06 bits per heavy atom. The van der Waals surface area contributed by atoms with Gasteiger partial charge in [0.1, 0.15) is 6.54 Å². The average Bonchev–Trinajstić information content (AvgIpc) is 2.83. The number of ether oxygens (including phenoxy) is 1. The molecule has 1 aliphatic rings. The minimum Gasteiger partial charge on any atom is -0.468 e. The van der Waals surface area contributed by atoms with Gasteiger partial charge in [0.05, 0.1) is 13.5 Å². The van der Waals surface area contributed by atoms with E-state index in [0.717, 1.165) is 18.4 Å². The molecular formula is C14H17NO3. The molecule has 4 heteroatoms. The molecule has 0 unspecified atom stereocenters. The molecule has 1 aliphatic carbocycles. The molecule has 4 nitrogen and oxygen atoms in total. The fourth-order valence-electron chi connectivity index (χ4n) is 2.23. The first-order chi connectivity index (χ1) is 8.69. The van der Waals surface area contributed by atoms with Crippen LogP contribution in [-0.2, 0) is 33.6 Å². The van der Waals surface area contributed by atoms with Gasteiger partial charge in [0.2, 0.25) is 5.91 Å². The second kappa shape index (κ2) is 5.67. The lowest BCUT2D eigenvalue weighted by atomic mass is 10.0. The van der Waals surface area contributed by atoms with Crippen molar-refractivity contribution in [2.75, 3.05) is 13.7 Å². The van der Waals surface area contributed by atoms with E-state index in [0.29, 0.717) is 6.42 Å². The Morgan fingerprint density at radius 1 is 1.28 bits per heavy atom. The van der Waals surface area contributed by atoms with Gasteiger partial charge in [-0.2, -0.15) is 0 Å². The van der Waals surface area contributed by atoms with Crippen molar-refractivity contribution >= 4 is 11.9 Å². The third kappa shape index (κ3) is 3.09. The van der Waals surface area contributed by atoms with Gasteiger partial charge in [-0.1, -0.05) is 18.2 Å². The first-order valence-electron chi connectivity index (χ1n) is 6.13. The number of nitrogens with one attached hydrogen (secondary N) is 1. The molecule has 1 aromatic rings. The van der Waals surface area contributed by atoms with Gasteiger partial charge in [0.15, 0.2) is 0 Å². The zero-order valence-electron chi connectivity index (χ0n) is 10.5. The molecule has 96 valence electrons. The van der Waals surface area contributed by atoms with Crippen molar-refractivity contribution < 1.29 is 14.3 Å². The number of carbonyl (C=O) groups excluding carboxylic acids is 2. The minimum atomic E-state index is -0.433. The number of carbonyl (C=O) groups is 2. The monoisotopic (exact) mass is 247 g/mol. The molecule has 1 amide bonds. The van der Waals surface area contributed by atoms with Gasteiger partial charge in [0.25, 0.3) is 0 Å². The lowest BCUT2D eigenvalue weighted by Gasteiger charge is -2.06. The molecule has 0 heterocycles. The summed E-state index contributed by atoms with van der Waals surface area (Å²) < 4.78 is 4.46. The van der Waals surface area contributed by atoms with Crippen LogP contribution in [0.4, 0.5) is 0 Å². The number of methoxy groups -OCH3 is 1. The number of benzene rings is 1. The van der Waals surface area contributed by atoms with Gasteiger partial charge in [-0.15, -0.1) is 0 Å². The van der Waals surface area contributed by atoms with Crippen LogP contribution in [-0.4, -0.2) is 25.5 Å². The van der Waals surface area contributed by atoms with Crippen molar-refractivity contribution in [3.05, 3.63) is 34.9 Å². The number of hydrogen-bond acceptors (Lipinski definition) is 3. The van der Waals surface area contributed by atoms with Gasteiger partial charge in [-0.05, 0) is 36.0 Å². The SMILES string of the molecule is COC(=O)CNC(=O)Cc1ccc2c(c1)CCC2. The van der Waals surface area contributed by atoms with E-state index < -0.39 is 5.97 Å². The predicted octanol–water partition coefficient (Wildman–Crippen LogP) is 1.01. The van der Waals surface area contributed by atoms with Gasteiger partial charge < -0.3 is 10.1 Å². The van der Waals surface area contributed by atoms with Crippen molar-refractivity contribution in [1.29, 1.82) is 0 Å². The molecule has 1 aromatic carbocycles. The largest absolute Gasteiger partial charge is 0.468 e. The summed E-state index contributed by atoms with van der Waals surface area (Å²) in [5, 5.41) is 2.54. The van der Waals surface area contributed by atoms with Crippen LogP contribution in [0, 0.1) is 0 Å². The summed E-state index contributed by atoms with van der Waals surface area (Å²) in [4.78, 5) is 22.5. The number of hydrogen-bond donors (Lipinski definition) is 1. The van der Waals surface area contributed by atoms with E-state index >= 15 is 0 Å². The predicted molar refractivity (Wildman–Crippen MR) is 67.2 cm³/mol. The van der Waals surface area contributed by atoms with Crippen LogP contribution >= 0.6 is 0 Å². The Morgan fingerprint density at radius 3 is 2.83 bits per heavy atom. The molecule has 0 aliphatic heterocycles. The van der Waals surface area contributed by atoms with Crippen LogP contribution in [0.3, 0.4) is 0 Å². The summed E-state index contributed by atoms with van der Waals surface area (Å²) >= 11 is 0. The highest BCUT2D eigenvalue weighted by molar-refractivity contribution is 5.83. The summed E-state index contributed by atoms with van der Waals surface area (Å²) in [6, 6.07) is 6.19. The third-order valence-electron chi connectivity index (χ3n) is 3.19. The average molecular weight is 247 g/mol. The third-order valence-corrected chi connectivity index (χ3v) is 3.19. The van der Waals surface area contributed by atoms with Crippen LogP contribution in [0.2, 0.25) is 0 Å². The Balaban J connectivity index is 1.89. The summed E-state index contributed by atoms with van der Waals surface area (Å²) in [7, 11) is 1.30. The molecule has 0 bridgehead atoms. The van der Waals surface area contributed by atoms with E-state index in [-0.39, 0.29) is 12.5 Å². The number of amides is 1. The number of esters is 1. The highest BCUT2D eigenvalue weighted by Crippen LogP contribution is 2.22. The van der Waals surface area contributed by atoms with Crippen LogP contribution in [0.1, 0.15) is 23.1 Å². The fourth-order valence-corrected chi connectivity index (χ4v) is 2.23. The van der Waals surface area contributed by atoms with E-state index in [1.165, 1.54) is 24.7 Å². The van der Waals surface area contributed by atoms with Crippen LogP contribution in [0.15, 0.2) is 18.2 Å². The molecule has 0 atom stereocenters. The van der Waals surface area contributed by atoms with Gasteiger partial charge in [0, 0.05) is 0 Å². The van der Waals surface area contributed by atoms with E-state index in [1.807, 2.05) is 6.07 Å². The molecule has 0 spiro atoms. The molecule has 0 saturated carbocycles. The van der Waals surface area contributed by atoms with E-state index in [2.05, 4.69) is 22.2 Å². The summed E-state index contributed by atoms with van der Waals surface area (Å²) in [6.45, 7) is -0.0692. The Bertz CT molecular complexity index is 468. The van der Waals surface area contributed by atoms with E-state index in [1.54, 1.807) is 0 Å². The fraction of sp³-hybridized carbons (Fsp3) is 0.429.